The third-order valence-corrected chi connectivity index (χ3v) is 6.52. The van der Waals surface area contributed by atoms with Crippen molar-refractivity contribution < 1.29 is 14.3 Å². The number of carbonyl (C=O) groups is 2. The highest BCUT2D eigenvalue weighted by Gasteiger charge is 2.37. The summed E-state index contributed by atoms with van der Waals surface area (Å²) in [6.45, 7) is 6.48. The van der Waals surface area contributed by atoms with E-state index >= 15 is 0 Å². The molecule has 2 amide bonds. The Morgan fingerprint density at radius 1 is 1.09 bits per heavy atom. The van der Waals surface area contributed by atoms with Gasteiger partial charge in [-0.2, -0.15) is 4.98 Å². The van der Waals surface area contributed by atoms with Gasteiger partial charge in [-0.1, -0.05) is 45.2 Å². The van der Waals surface area contributed by atoms with E-state index in [0.29, 0.717) is 30.0 Å². The summed E-state index contributed by atoms with van der Waals surface area (Å²) in [7, 11) is 0. The van der Waals surface area contributed by atoms with Crippen molar-refractivity contribution in [3.63, 3.8) is 0 Å². The van der Waals surface area contributed by atoms with E-state index in [0.717, 1.165) is 18.4 Å². The van der Waals surface area contributed by atoms with Crippen LogP contribution in [0.5, 0.6) is 0 Å². The van der Waals surface area contributed by atoms with E-state index in [2.05, 4.69) is 34.4 Å². The highest BCUT2D eigenvalue weighted by Crippen LogP contribution is 2.27. The fourth-order valence-electron chi connectivity index (χ4n) is 4.46. The lowest BCUT2D eigenvalue weighted by Crippen LogP contribution is -2.37. The zero-order chi connectivity index (χ0) is 23.4. The Bertz CT molecular complexity index is 972. The predicted molar refractivity (Wildman–Crippen MR) is 127 cm³/mol. The van der Waals surface area contributed by atoms with Crippen LogP contribution in [-0.4, -0.2) is 40.7 Å². The van der Waals surface area contributed by atoms with Gasteiger partial charge < -0.3 is 15.4 Å². The molecule has 2 unspecified atom stereocenters. The van der Waals surface area contributed by atoms with Crippen LogP contribution in [0.4, 0.5) is 16.6 Å². The van der Waals surface area contributed by atoms with Crippen LogP contribution < -0.4 is 15.5 Å². The summed E-state index contributed by atoms with van der Waals surface area (Å²) in [5, 5.41) is 6.45. The zero-order valence-corrected chi connectivity index (χ0v) is 19.6. The number of rotatable bonds is 7. The average molecular weight is 452 g/mol. The highest BCUT2D eigenvalue weighted by molar-refractivity contribution is 5.94. The molecule has 1 saturated carbocycles. The lowest BCUT2D eigenvalue weighted by molar-refractivity contribution is 0.0927. The molecular formula is C25H33N5O3. The van der Waals surface area contributed by atoms with Crippen LogP contribution in [0.25, 0.3) is 0 Å². The molecule has 2 aliphatic rings. The maximum Gasteiger partial charge on any atom is 0.415 e. The molecular weight excluding hydrogens is 418 g/mol. The number of anilines is 2. The van der Waals surface area contributed by atoms with Crippen molar-refractivity contribution in [2.75, 3.05) is 16.8 Å². The Labute approximate surface area is 195 Å². The van der Waals surface area contributed by atoms with E-state index < -0.39 is 0 Å². The number of amides is 2. The second kappa shape index (κ2) is 10.2. The van der Waals surface area contributed by atoms with Crippen LogP contribution in [0, 0.1) is 5.92 Å². The van der Waals surface area contributed by atoms with Crippen molar-refractivity contribution >= 4 is 23.8 Å². The van der Waals surface area contributed by atoms with Gasteiger partial charge in [0.15, 0.2) is 0 Å². The van der Waals surface area contributed by atoms with Gasteiger partial charge in [0, 0.05) is 17.8 Å². The molecule has 2 fully saturated rings. The number of hydrogen-bond donors (Lipinski definition) is 2. The van der Waals surface area contributed by atoms with Gasteiger partial charge >= 0.3 is 6.09 Å². The first kappa shape index (κ1) is 23.0. The molecule has 2 aromatic rings. The monoisotopic (exact) mass is 451 g/mol. The first-order valence-electron chi connectivity index (χ1n) is 11.9. The molecule has 1 aromatic carbocycles. The molecule has 1 saturated heterocycles. The third-order valence-electron chi connectivity index (χ3n) is 6.52. The van der Waals surface area contributed by atoms with E-state index in [-0.39, 0.29) is 30.0 Å². The van der Waals surface area contributed by atoms with Crippen molar-refractivity contribution in [2.45, 2.75) is 71.0 Å². The normalized spacial score (nSPS) is 19.9. The number of carbonyl (C=O) groups excluding carboxylic acids is 2. The van der Waals surface area contributed by atoms with Crippen molar-refractivity contribution in [3.05, 3.63) is 47.7 Å². The topological polar surface area (TPSA) is 96.5 Å². The summed E-state index contributed by atoms with van der Waals surface area (Å²) in [6.07, 6.45) is 7.03. The van der Waals surface area contributed by atoms with Crippen LogP contribution in [0.15, 0.2) is 36.5 Å². The number of ether oxygens (including phenoxy) is 1. The molecule has 2 heterocycles. The molecule has 8 heteroatoms. The van der Waals surface area contributed by atoms with Crippen LogP contribution in [0.1, 0.15) is 74.8 Å². The lowest BCUT2D eigenvalue weighted by Gasteiger charge is -2.24. The third kappa shape index (κ3) is 5.43. The molecule has 4 rings (SSSR count). The second-order valence-corrected chi connectivity index (χ2v) is 9.29. The molecule has 2 atom stereocenters. The van der Waals surface area contributed by atoms with Crippen LogP contribution >= 0.6 is 0 Å². The summed E-state index contributed by atoms with van der Waals surface area (Å²) in [4.78, 5) is 35.3. The number of benzene rings is 1. The van der Waals surface area contributed by atoms with Crippen molar-refractivity contribution in [3.8, 4) is 0 Å². The lowest BCUT2D eigenvalue weighted by atomic mass is 9.95. The van der Waals surface area contributed by atoms with Gasteiger partial charge in [0.2, 0.25) is 5.95 Å². The Hall–Kier alpha value is -3.16. The minimum absolute atomic E-state index is 0.0118. The van der Waals surface area contributed by atoms with E-state index in [1.54, 1.807) is 17.2 Å². The van der Waals surface area contributed by atoms with Crippen molar-refractivity contribution in [2.24, 2.45) is 5.92 Å². The first-order valence-corrected chi connectivity index (χ1v) is 11.9. The number of cyclic esters (lactones) is 1. The number of hydrogen-bond acceptors (Lipinski definition) is 6. The first-order chi connectivity index (χ1) is 15.9. The second-order valence-electron chi connectivity index (χ2n) is 9.29. The molecule has 33 heavy (non-hydrogen) atoms. The van der Waals surface area contributed by atoms with Gasteiger partial charge in [0.25, 0.3) is 5.91 Å². The fourth-order valence-corrected chi connectivity index (χ4v) is 4.46. The van der Waals surface area contributed by atoms with Crippen molar-refractivity contribution in [1.82, 2.24) is 15.3 Å². The van der Waals surface area contributed by atoms with Gasteiger partial charge in [-0.25, -0.2) is 9.78 Å². The van der Waals surface area contributed by atoms with Crippen LogP contribution in [0.3, 0.4) is 0 Å². The molecule has 1 aromatic heterocycles. The Morgan fingerprint density at radius 2 is 1.82 bits per heavy atom. The van der Waals surface area contributed by atoms with Gasteiger partial charge in [-0.15, -0.1) is 0 Å². The SMILES string of the molecule is CC(Nc1nccc(N2C(=O)OCC2C(C)C)n1)c1ccc(C(=O)NC2CCCCC2)cc1. The molecule has 2 N–H and O–H groups in total. The maximum absolute atomic E-state index is 12.6. The molecule has 0 bridgehead atoms. The van der Waals surface area contributed by atoms with Crippen LogP contribution in [-0.2, 0) is 4.74 Å². The quantitative estimate of drug-likeness (QED) is 0.634. The largest absolute Gasteiger partial charge is 0.447 e. The Morgan fingerprint density at radius 3 is 2.52 bits per heavy atom. The maximum atomic E-state index is 12.6. The molecule has 1 aliphatic heterocycles. The summed E-state index contributed by atoms with van der Waals surface area (Å²) in [6, 6.07) is 9.49. The molecule has 0 spiro atoms. The Kier molecular flexibility index (Phi) is 7.11. The minimum atomic E-state index is -0.381. The van der Waals surface area contributed by atoms with E-state index in [4.69, 9.17) is 4.74 Å². The van der Waals surface area contributed by atoms with E-state index in [1.807, 2.05) is 31.2 Å². The fraction of sp³-hybridized carbons (Fsp3) is 0.520. The number of aromatic nitrogens is 2. The number of nitrogens with one attached hydrogen (secondary N) is 2. The van der Waals surface area contributed by atoms with Gasteiger partial charge in [-0.3, -0.25) is 9.69 Å². The van der Waals surface area contributed by atoms with E-state index in [9.17, 15) is 9.59 Å². The summed E-state index contributed by atoms with van der Waals surface area (Å²) in [5.74, 6) is 1.19. The minimum Gasteiger partial charge on any atom is -0.447 e. The van der Waals surface area contributed by atoms with Gasteiger partial charge in [-0.05, 0) is 49.4 Å². The summed E-state index contributed by atoms with van der Waals surface area (Å²) < 4.78 is 5.24. The smallest absolute Gasteiger partial charge is 0.415 e. The summed E-state index contributed by atoms with van der Waals surface area (Å²) in [5.41, 5.74) is 1.68. The average Bonchev–Trinajstić information content (AvgIpc) is 3.22. The summed E-state index contributed by atoms with van der Waals surface area (Å²) >= 11 is 0. The number of nitrogens with zero attached hydrogens (tertiary/aromatic N) is 3. The van der Waals surface area contributed by atoms with Gasteiger partial charge in [0.1, 0.15) is 12.4 Å². The molecule has 176 valence electrons. The molecule has 1 aliphatic carbocycles. The van der Waals surface area contributed by atoms with Crippen molar-refractivity contribution in [1.29, 1.82) is 0 Å². The molecule has 0 radical (unpaired) electrons. The van der Waals surface area contributed by atoms with Gasteiger partial charge in [0.05, 0.1) is 12.1 Å². The standard InChI is InChI=1S/C25H33N5O3/c1-16(2)21-15-33-25(32)30(21)22-13-14-26-24(29-22)27-17(3)18-9-11-19(12-10-18)23(31)28-20-7-5-4-6-8-20/h9-14,16-17,20-21H,4-8,15H2,1-3H3,(H,28,31)(H,26,27,29). The molecule has 8 nitrogen and oxygen atoms in total. The van der Waals surface area contributed by atoms with Crippen LogP contribution in [0.2, 0.25) is 0 Å². The zero-order valence-electron chi connectivity index (χ0n) is 19.6. The Balaban J connectivity index is 1.40. The highest BCUT2D eigenvalue weighted by atomic mass is 16.6. The van der Waals surface area contributed by atoms with E-state index in [1.165, 1.54) is 19.3 Å². The predicted octanol–water partition coefficient (Wildman–Crippen LogP) is 4.69.